The first kappa shape index (κ1) is 15.0. The minimum absolute atomic E-state index is 0.0190. The third kappa shape index (κ3) is 10.3. The van der Waals surface area contributed by atoms with Crippen molar-refractivity contribution in [3.05, 3.63) is 0 Å². The van der Waals surface area contributed by atoms with Crippen LogP contribution in [0.4, 0.5) is 0 Å². The largest absolute Gasteiger partial charge is 0.463 e. The molecule has 0 radical (unpaired) electrons. The Balaban J connectivity index is 3.34. The van der Waals surface area contributed by atoms with E-state index in [1.54, 1.807) is 0 Å². The summed E-state index contributed by atoms with van der Waals surface area (Å²) in [4.78, 5) is 11.1. The highest BCUT2D eigenvalue weighted by Gasteiger charge is 2.07. The van der Waals surface area contributed by atoms with Gasteiger partial charge in [0.05, 0.1) is 6.10 Å². The lowest BCUT2D eigenvalue weighted by atomic mass is 10.1. The van der Waals surface area contributed by atoms with Crippen molar-refractivity contribution in [3.8, 4) is 0 Å². The van der Waals surface area contributed by atoms with Crippen LogP contribution in [0.2, 0.25) is 0 Å². The third-order valence-electron chi connectivity index (χ3n) is 1.94. The van der Waals surface area contributed by atoms with Crippen molar-refractivity contribution in [2.45, 2.75) is 57.4 Å². The Bertz CT molecular complexity index is 172. The van der Waals surface area contributed by atoms with Crippen LogP contribution in [0.25, 0.3) is 0 Å². The summed E-state index contributed by atoms with van der Waals surface area (Å²) < 4.78 is 5.01. The Morgan fingerprint density at radius 1 is 1.27 bits per heavy atom. The molecular weight excluding hydrogens is 235 g/mol. The van der Waals surface area contributed by atoms with Crippen LogP contribution in [-0.2, 0) is 9.53 Å². The molecule has 0 N–H and O–H groups in total. The third-order valence-corrected chi connectivity index (χ3v) is 2.59. The molecule has 4 heteroatoms. The standard InChI is InChI=1S/C11H20Cl2O2/c1-9(2)15-11(14)6-4-3-5-10(13)7-8-12/h9-10H,3-8H2,1-2H3. The number of hydrogen-bond acceptors (Lipinski definition) is 2. The van der Waals surface area contributed by atoms with Crippen LogP contribution in [0.1, 0.15) is 46.0 Å². The molecule has 1 atom stereocenters. The molecule has 0 fully saturated rings. The van der Waals surface area contributed by atoms with E-state index in [-0.39, 0.29) is 17.5 Å². The van der Waals surface area contributed by atoms with Gasteiger partial charge in [0.1, 0.15) is 0 Å². The minimum atomic E-state index is -0.117. The molecule has 0 aromatic rings. The molecule has 0 spiro atoms. The first-order chi connectivity index (χ1) is 7.06. The summed E-state index contributed by atoms with van der Waals surface area (Å²) in [6.45, 7) is 3.71. The topological polar surface area (TPSA) is 26.3 Å². The van der Waals surface area contributed by atoms with Crippen LogP contribution in [0.15, 0.2) is 0 Å². The second-order valence-corrected chi connectivity index (χ2v) is 4.85. The molecule has 0 bridgehead atoms. The lowest BCUT2D eigenvalue weighted by molar-refractivity contribution is -0.147. The molecule has 0 aliphatic heterocycles. The van der Waals surface area contributed by atoms with Crippen LogP contribution in [0.5, 0.6) is 0 Å². The molecular formula is C11H20Cl2O2. The van der Waals surface area contributed by atoms with Gasteiger partial charge in [0.15, 0.2) is 0 Å². The van der Waals surface area contributed by atoms with Gasteiger partial charge in [-0.1, -0.05) is 6.42 Å². The van der Waals surface area contributed by atoms with Crippen molar-refractivity contribution in [1.82, 2.24) is 0 Å². The number of halogens is 2. The lowest BCUT2D eigenvalue weighted by Crippen LogP contribution is -2.11. The van der Waals surface area contributed by atoms with E-state index in [4.69, 9.17) is 27.9 Å². The highest BCUT2D eigenvalue weighted by atomic mass is 35.5. The number of carbonyl (C=O) groups excluding carboxylic acids is 1. The zero-order valence-electron chi connectivity index (χ0n) is 9.47. The molecule has 90 valence electrons. The van der Waals surface area contributed by atoms with E-state index in [9.17, 15) is 4.79 Å². The van der Waals surface area contributed by atoms with Gasteiger partial charge in [-0.05, 0) is 33.1 Å². The average Bonchev–Trinajstić information content (AvgIpc) is 2.12. The van der Waals surface area contributed by atoms with Gasteiger partial charge in [0.2, 0.25) is 0 Å². The molecule has 0 amide bonds. The van der Waals surface area contributed by atoms with E-state index in [1.807, 2.05) is 13.8 Å². The number of rotatable bonds is 8. The van der Waals surface area contributed by atoms with Gasteiger partial charge in [0, 0.05) is 17.7 Å². The number of alkyl halides is 2. The second kappa shape index (κ2) is 9.29. The van der Waals surface area contributed by atoms with Crippen molar-refractivity contribution < 1.29 is 9.53 Å². The van der Waals surface area contributed by atoms with Crippen LogP contribution >= 0.6 is 23.2 Å². The fourth-order valence-electron chi connectivity index (χ4n) is 1.22. The molecule has 0 rings (SSSR count). The number of hydrogen-bond donors (Lipinski definition) is 0. The maximum atomic E-state index is 11.1. The molecule has 15 heavy (non-hydrogen) atoms. The predicted molar refractivity (Wildman–Crippen MR) is 64.7 cm³/mol. The Hall–Kier alpha value is 0.0500. The Morgan fingerprint density at radius 3 is 2.47 bits per heavy atom. The fraction of sp³-hybridized carbons (Fsp3) is 0.909. The van der Waals surface area contributed by atoms with Gasteiger partial charge in [-0.15, -0.1) is 23.2 Å². The summed E-state index contributed by atoms with van der Waals surface area (Å²) in [5.74, 6) is 0.484. The van der Waals surface area contributed by atoms with Crippen molar-refractivity contribution in [2.24, 2.45) is 0 Å². The van der Waals surface area contributed by atoms with Crippen molar-refractivity contribution in [2.75, 3.05) is 5.88 Å². The summed E-state index contributed by atoms with van der Waals surface area (Å²) in [6.07, 6.45) is 4.02. The number of carbonyl (C=O) groups is 1. The van der Waals surface area contributed by atoms with Crippen molar-refractivity contribution in [3.63, 3.8) is 0 Å². The quantitative estimate of drug-likeness (QED) is 0.375. The smallest absolute Gasteiger partial charge is 0.306 e. The Labute approximate surface area is 102 Å². The number of unbranched alkanes of at least 4 members (excludes halogenated alkanes) is 1. The van der Waals surface area contributed by atoms with E-state index in [1.165, 1.54) is 0 Å². The predicted octanol–water partition coefficient (Wildman–Crippen LogP) is 3.73. The van der Waals surface area contributed by atoms with E-state index in [0.29, 0.717) is 12.3 Å². The molecule has 0 aliphatic carbocycles. The second-order valence-electron chi connectivity index (χ2n) is 3.86. The summed E-state index contributed by atoms with van der Waals surface area (Å²) in [7, 11) is 0. The molecule has 0 saturated carbocycles. The molecule has 1 unspecified atom stereocenters. The zero-order chi connectivity index (χ0) is 11.7. The maximum absolute atomic E-state index is 11.1. The van der Waals surface area contributed by atoms with E-state index < -0.39 is 0 Å². The van der Waals surface area contributed by atoms with Gasteiger partial charge in [0.25, 0.3) is 0 Å². The SMILES string of the molecule is CC(C)OC(=O)CCCCC(Cl)CCCl. The molecule has 0 aromatic heterocycles. The zero-order valence-corrected chi connectivity index (χ0v) is 11.0. The molecule has 2 nitrogen and oxygen atoms in total. The summed E-state index contributed by atoms with van der Waals surface area (Å²) in [6, 6.07) is 0. The maximum Gasteiger partial charge on any atom is 0.306 e. The van der Waals surface area contributed by atoms with Crippen LogP contribution in [0, 0.1) is 0 Å². The van der Waals surface area contributed by atoms with Gasteiger partial charge in [-0.3, -0.25) is 4.79 Å². The number of esters is 1. The molecule has 0 aliphatic rings. The fourth-order valence-corrected chi connectivity index (χ4v) is 1.86. The van der Waals surface area contributed by atoms with Gasteiger partial charge < -0.3 is 4.74 Å². The summed E-state index contributed by atoms with van der Waals surface area (Å²) in [5.41, 5.74) is 0. The van der Waals surface area contributed by atoms with Gasteiger partial charge >= 0.3 is 5.97 Å². The first-order valence-corrected chi connectivity index (χ1v) is 6.43. The summed E-state index contributed by atoms with van der Waals surface area (Å²) >= 11 is 11.5. The summed E-state index contributed by atoms with van der Waals surface area (Å²) in [5, 5.41) is 0.142. The highest BCUT2D eigenvalue weighted by Crippen LogP contribution is 2.13. The van der Waals surface area contributed by atoms with E-state index in [0.717, 1.165) is 25.7 Å². The van der Waals surface area contributed by atoms with Crippen molar-refractivity contribution >= 4 is 29.2 Å². The minimum Gasteiger partial charge on any atom is -0.463 e. The Morgan fingerprint density at radius 2 is 1.93 bits per heavy atom. The highest BCUT2D eigenvalue weighted by molar-refractivity contribution is 6.22. The van der Waals surface area contributed by atoms with Gasteiger partial charge in [-0.2, -0.15) is 0 Å². The normalized spacial score (nSPS) is 12.9. The monoisotopic (exact) mass is 254 g/mol. The average molecular weight is 255 g/mol. The van der Waals surface area contributed by atoms with Crippen LogP contribution < -0.4 is 0 Å². The Kier molecular flexibility index (Phi) is 9.32. The van der Waals surface area contributed by atoms with E-state index >= 15 is 0 Å². The van der Waals surface area contributed by atoms with Crippen molar-refractivity contribution in [1.29, 1.82) is 0 Å². The number of ether oxygens (including phenoxy) is 1. The molecule has 0 saturated heterocycles. The van der Waals surface area contributed by atoms with Gasteiger partial charge in [-0.25, -0.2) is 0 Å². The van der Waals surface area contributed by atoms with Crippen LogP contribution in [0.3, 0.4) is 0 Å². The van der Waals surface area contributed by atoms with Crippen LogP contribution in [-0.4, -0.2) is 23.3 Å². The van der Waals surface area contributed by atoms with E-state index in [2.05, 4.69) is 0 Å². The molecule has 0 aromatic carbocycles. The first-order valence-electron chi connectivity index (χ1n) is 5.45. The lowest BCUT2D eigenvalue weighted by Gasteiger charge is -2.08. The molecule has 0 heterocycles.